The molecule has 104 valence electrons. The fourth-order valence-electron chi connectivity index (χ4n) is 4.13. The summed E-state index contributed by atoms with van der Waals surface area (Å²) >= 11 is 2.55. The van der Waals surface area contributed by atoms with E-state index in [9.17, 15) is 0 Å². The van der Waals surface area contributed by atoms with Gasteiger partial charge in [0, 0.05) is 0 Å². The maximum atomic E-state index is 2.55. The average Bonchev–Trinajstić information content (AvgIpc) is 3.12. The van der Waals surface area contributed by atoms with Gasteiger partial charge in [-0.25, -0.2) is 0 Å². The Bertz CT molecular complexity index is 773. The molecule has 0 nitrogen and oxygen atoms in total. The van der Waals surface area contributed by atoms with Crippen LogP contribution in [-0.4, -0.2) is 23.4 Å². The van der Waals surface area contributed by atoms with E-state index in [1.807, 2.05) is 0 Å². The van der Waals surface area contributed by atoms with Crippen LogP contribution in [0.2, 0.25) is 12.6 Å². The molecule has 22 heavy (non-hydrogen) atoms. The molecule has 3 unspecified atom stereocenters. The third-order valence-corrected chi connectivity index (χ3v) is 8.97. The van der Waals surface area contributed by atoms with Gasteiger partial charge in [0.15, 0.2) is 0 Å². The summed E-state index contributed by atoms with van der Waals surface area (Å²) in [4.78, 5) is 0. The van der Waals surface area contributed by atoms with Crippen LogP contribution < -0.4 is 0 Å². The number of allylic oxidation sites excluding steroid dienone is 2. The molecule has 0 spiro atoms. The van der Waals surface area contributed by atoms with Gasteiger partial charge in [0.25, 0.3) is 0 Å². The molecule has 0 aromatic heterocycles. The summed E-state index contributed by atoms with van der Waals surface area (Å²) in [6, 6.07) is 19.1. The maximum absolute atomic E-state index is 2.55. The van der Waals surface area contributed by atoms with Gasteiger partial charge >= 0.3 is 143 Å². The van der Waals surface area contributed by atoms with Gasteiger partial charge in [-0.1, -0.05) is 0 Å². The first-order valence-corrected chi connectivity index (χ1v) is 11.5. The van der Waals surface area contributed by atoms with Crippen LogP contribution in [0, 0.1) is 0 Å². The van der Waals surface area contributed by atoms with Crippen molar-refractivity contribution in [1.82, 2.24) is 0 Å². The van der Waals surface area contributed by atoms with Crippen molar-refractivity contribution in [2.45, 2.75) is 24.1 Å². The summed E-state index contributed by atoms with van der Waals surface area (Å²) in [7, 11) is 0. The predicted octanol–water partition coefficient (Wildman–Crippen LogP) is 4.89. The summed E-state index contributed by atoms with van der Waals surface area (Å²) in [5.41, 5.74) is 6.58. The van der Waals surface area contributed by atoms with Crippen LogP contribution in [-0.2, 0) is 0 Å². The summed E-state index contributed by atoms with van der Waals surface area (Å²) in [6.45, 7) is 2.55. The molecule has 2 aromatic rings. The van der Waals surface area contributed by atoms with E-state index >= 15 is 0 Å². The quantitative estimate of drug-likeness (QED) is 0.707. The zero-order chi connectivity index (χ0) is 15.2. The first-order valence-electron chi connectivity index (χ1n) is 8.19. The molecule has 0 heterocycles. The van der Waals surface area contributed by atoms with E-state index in [-0.39, 0.29) is 0 Å². The molecule has 0 aliphatic heterocycles. The van der Waals surface area contributed by atoms with Crippen LogP contribution in [0.5, 0.6) is 0 Å². The van der Waals surface area contributed by atoms with E-state index in [1.165, 1.54) is 22.7 Å². The first kappa shape index (κ1) is 14.3. The summed E-state index contributed by atoms with van der Waals surface area (Å²) < 4.78 is 0. The van der Waals surface area contributed by atoms with Crippen molar-refractivity contribution in [3.63, 3.8) is 0 Å². The van der Waals surface area contributed by atoms with Crippen LogP contribution in [0.25, 0.3) is 12.2 Å². The molecule has 2 heteroatoms. The van der Waals surface area contributed by atoms with Crippen LogP contribution in [0.4, 0.5) is 0 Å². The van der Waals surface area contributed by atoms with E-state index in [4.69, 9.17) is 0 Å². The molecule has 3 atom stereocenters. The number of benzene rings is 2. The Kier molecular flexibility index (Phi) is 3.53. The molecule has 2 aromatic carbocycles. The van der Waals surface area contributed by atoms with E-state index in [0.29, 0.717) is 11.5 Å². The molecule has 2 aliphatic carbocycles. The average molecular weight is 294 g/mol. The van der Waals surface area contributed by atoms with Gasteiger partial charge in [0.05, 0.1) is 0 Å². The van der Waals surface area contributed by atoms with E-state index in [1.54, 1.807) is 5.56 Å². The predicted molar refractivity (Wildman–Crippen MR) is 98.6 cm³/mol. The molecule has 0 N–H and O–H groups in total. The Balaban J connectivity index is 1.61. The van der Waals surface area contributed by atoms with Crippen molar-refractivity contribution < 1.29 is 0 Å². The molecule has 0 saturated heterocycles. The van der Waals surface area contributed by atoms with Crippen molar-refractivity contribution in [3.05, 3.63) is 82.9 Å². The molecule has 2 aliphatic rings. The molecular weight excluding hydrogens is 275 g/mol. The Morgan fingerprint density at radius 2 is 1.45 bits per heavy atom. The third kappa shape index (κ3) is 2.38. The molecule has 0 saturated carbocycles. The van der Waals surface area contributed by atoms with Crippen LogP contribution in [0.1, 0.15) is 33.7 Å². The number of hydrogen-bond donors (Lipinski definition) is 0. The monoisotopic (exact) mass is 294 g/mol. The fraction of sp³-hybridized carbons (Fsp3) is 0.200. The molecule has 0 radical (unpaired) electrons. The van der Waals surface area contributed by atoms with Gasteiger partial charge in [0.2, 0.25) is 0 Å². The SMILES string of the molecule is [Li][Si](C)(CC1C=Cc2ccccc21)C1C=Cc2ccccc21. The fourth-order valence-corrected chi connectivity index (χ4v) is 7.59. The Labute approximate surface area is 142 Å². The molecular formula is C20H19LiSi. The van der Waals surface area contributed by atoms with Gasteiger partial charge in [-0.3, -0.25) is 0 Å². The molecule has 0 bridgehead atoms. The third-order valence-electron chi connectivity index (χ3n) is 5.29. The van der Waals surface area contributed by atoms with Gasteiger partial charge in [-0.05, 0) is 0 Å². The van der Waals surface area contributed by atoms with Crippen molar-refractivity contribution in [3.8, 4) is 0 Å². The Morgan fingerprint density at radius 3 is 2.23 bits per heavy atom. The Hall–Kier alpha value is -1.27. The van der Waals surface area contributed by atoms with Crippen molar-refractivity contribution in [1.29, 1.82) is 0 Å². The first-order chi connectivity index (χ1) is 10.6. The summed E-state index contributed by atoms with van der Waals surface area (Å²) in [5.74, 6) is 0.610. The van der Waals surface area contributed by atoms with Crippen molar-refractivity contribution >= 4 is 35.6 Å². The van der Waals surface area contributed by atoms with E-state index in [2.05, 4.69) is 96.4 Å². The van der Waals surface area contributed by atoms with Gasteiger partial charge < -0.3 is 0 Å². The Morgan fingerprint density at radius 1 is 0.864 bits per heavy atom. The topological polar surface area (TPSA) is 0 Å². The summed E-state index contributed by atoms with van der Waals surface area (Å²) in [5, 5.41) is 0. The van der Waals surface area contributed by atoms with E-state index < -0.39 is 6.40 Å². The van der Waals surface area contributed by atoms with Crippen LogP contribution in [0.15, 0.2) is 60.7 Å². The second-order valence-corrected chi connectivity index (χ2v) is 12.3. The number of hydrogen-bond acceptors (Lipinski definition) is 0. The minimum absolute atomic E-state index is 0.610. The standard InChI is InChI=1S/C20H19Si.Li/c1-21(20-13-12-16-7-3-5-9-19(16)20)14-17-11-10-15-6-2-4-8-18(15)17;/h2-13,17,20H,14H2,1H3;. The zero-order valence-electron chi connectivity index (χ0n) is 13.3. The van der Waals surface area contributed by atoms with Crippen LogP contribution in [0.3, 0.4) is 0 Å². The van der Waals surface area contributed by atoms with Gasteiger partial charge in [0.1, 0.15) is 0 Å². The molecule has 0 amide bonds. The normalized spacial score (nSPS) is 24.1. The van der Waals surface area contributed by atoms with Crippen molar-refractivity contribution in [2.75, 3.05) is 0 Å². The summed E-state index contributed by atoms with van der Waals surface area (Å²) in [6.07, 6.45) is 8.12. The van der Waals surface area contributed by atoms with E-state index in [0.717, 1.165) is 0 Å². The van der Waals surface area contributed by atoms with Crippen LogP contribution >= 0.6 is 0 Å². The second kappa shape index (κ2) is 5.42. The number of fused-ring (bicyclic) bond motifs is 2. The second-order valence-electron chi connectivity index (χ2n) is 7.25. The molecule has 0 fully saturated rings. The number of rotatable bonds is 3. The van der Waals surface area contributed by atoms with Gasteiger partial charge in [-0.15, -0.1) is 0 Å². The zero-order valence-corrected chi connectivity index (χ0v) is 14.3. The van der Waals surface area contributed by atoms with Gasteiger partial charge in [-0.2, -0.15) is 0 Å². The molecule has 4 rings (SSSR count). The van der Waals surface area contributed by atoms with Crippen molar-refractivity contribution in [2.24, 2.45) is 0 Å². The minimum atomic E-state index is -1.39.